The number of aliphatic carboxylic acids is 1. The van der Waals surface area contributed by atoms with Gasteiger partial charge in [0.1, 0.15) is 5.52 Å². The van der Waals surface area contributed by atoms with Gasteiger partial charge in [-0.05, 0) is 13.8 Å². The molecule has 0 saturated carbocycles. The average Bonchev–Trinajstić information content (AvgIpc) is 2.99. The maximum absolute atomic E-state index is 12.4. The van der Waals surface area contributed by atoms with Gasteiger partial charge in [-0.25, -0.2) is 4.98 Å². The van der Waals surface area contributed by atoms with Gasteiger partial charge in [0.05, 0.1) is 19.5 Å². The van der Waals surface area contributed by atoms with E-state index in [0.29, 0.717) is 0 Å². The molecule has 0 fully saturated rings. The molecule has 0 aliphatic carbocycles. The Morgan fingerprint density at radius 1 is 1.22 bits per heavy atom. The number of halogens is 1. The monoisotopic (exact) mass is 399 g/mol. The molecule has 2 rings (SSSR count). The Morgan fingerprint density at radius 3 is 2.33 bits per heavy atom. The van der Waals surface area contributed by atoms with Crippen LogP contribution < -0.4 is 5.73 Å². The molecule has 146 valence electrons. The first-order chi connectivity index (χ1) is 12.8. The van der Waals surface area contributed by atoms with Crippen LogP contribution in [0.1, 0.15) is 20.3 Å². The molecule has 0 aromatic carbocycles. The molecule has 0 spiro atoms. The van der Waals surface area contributed by atoms with E-state index in [1.54, 1.807) is 0 Å². The van der Waals surface area contributed by atoms with Crippen LogP contribution in [0.4, 0.5) is 5.95 Å². The number of hydrogen-bond acceptors (Lipinski definition) is 9. The lowest BCUT2D eigenvalue weighted by atomic mass is 9.84. The van der Waals surface area contributed by atoms with Crippen molar-refractivity contribution in [3.63, 3.8) is 0 Å². The summed E-state index contributed by atoms with van der Waals surface area (Å²) in [5, 5.41) is 9.68. The van der Waals surface area contributed by atoms with Gasteiger partial charge in [-0.1, -0.05) is 11.6 Å². The third-order valence-corrected chi connectivity index (χ3v) is 4.04. The van der Waals surface area contributed by atoms with Crippen LogP contribution in [0, 0.1) is 5.41 Å². The number of anilines is 1. The number of carboxylic acids is 1. The molecule has 2 heterocycles. The highest BCUT2D eigenvalue weighted by atomic mass is 35.5. The topological polar surface area (TPSA) is 160 Å². The number of aryl methyl sites for hydroxylation is 1. The first kappa shape index (κ1) is 20.4. The molecule has 3 N–H and O–H groups in total. The molecule has 0 saturated heterocycles. The van der Waals surface area contributed by atoms with E-state index in [1.807, 2.05) is 0 Å². The van der Waals surface area contributed by atoms with Gasteiger partial charge in [-0.15, -0.1) is 0 Å². The average molecular weight is 400 g/mol. The lowest BCUT2D eigenvalue weighted by Gasteiger charge is -2.25. The quantitative estimate of drug-likeness (QED) is 0.366. The number of carbonyl (C=O) groups excluding carboxylic acids is 2. The lowest BCUT2D eigenvalue weighted by Crippen LogP contribution is -2.49. The smallest absolute Gasteiger partial charge is 0.335 e. The summed E-state index contributed by atoms with van der Waals surface area (Å²) in [7, 11) is 0. The van der Waals surface area contributed by atoms with Crippen molar-refractivity contribution >= 4 is 46.6 Å². The first-order valence-electron chi connectivity index (χ1n) is 7.99. The van der Waals surface area contributed by atoms with E-state index in [2.05, 4.69) is 15.0 Å². The zero-order valence-electron chi connectivity index (χ0n) is 14.6. The van der Waals surface area contributed by atoms with Crippen molar-refractivity contribution in [2.45, 2.75) is 26.8 Å². The summed E-state index contributed by atoms with van der Waals surface area (Å²) in [6, 6.07) is 0. The summed E-state index contributed by atoms with van der Waals surface area (Å²) in [6.07, 6.45) is 0.876. The predicted octanol–water partition coefficient (Wildman–Crippen LogP) is 0.649. The van der Waals surface area contributed by atoms with E-state index in [1.165, 1.54) is 24.7 Å². The number of carbonyl (C=O) groups is 3. The largest absolute Gasteiger partial charge is 0.480 e. The molecule has 11 nitrogen and oxygen atoms in total. The van der Waals surface area contributed by atoms with E-state index >= 15 is 0 Å². The number of ether oxygens (including phenoxy) is 2. The minimum atomic E-state index is -2.52. The molecule has 0 radical (unpaired) electrons. The lowest BCUT2D eigenvalue weighted by molar-refractivity contribution is -0.182. The van der Waals surface area contributed by atoms with Gasteiger partial charge in [0.2, 0.25) is 5.95 Å². The van der Waals surface area contributed by atoms with Crippen LogP contribution in [0.2, 0.25) is 5.15 Å². The molecule has 27 heavy (non-hydrogen) atoms. The van der Waals surface area contributed by atoms with Crippen LogP contribution in [0.15, 0.2) is 6.33 Å². The zero-order chi connectivity index (χ0) is 20.2. The second kappa shape index (κ2) is 8.16. The van der Waals surface area contributed by atoms with Crippen molar-refractivity contribution in [3.8, 4) is 0 Å². The maximum atomic E-state index is 12.4. The van der Waals surface area contributed by atoms with Gasteiger partial charge < -0.3 is 24.9 Å². The van der Waals surface area contributed by atoms with Gasteiger partial charge in [0.15, 0.2) is 10.8 Å². The highest BCUT2D eigenvalue weighted by molar-refractivity contribution is 6.33. The minimum Gasteiger partial charge on any atom is -0.480 e. The number of hydrogen-bond donors (Lipinski definition) is 2. The molecule has 0 amide bonds. The molecule has 0 bridgehead atoms. The fourth-order valence-corrected chi connectivity index (χ4v) is 2.67. The highest BCUT2D eigenvalue weighted by Crippen LogP contribution is 2.29. The number of aromatic nitrogens is 4. The fraction of sp³-hybridized carbons (Fsp3) is 0.467. The van der Waals surface area contributed by atoms with Crippen molar-refractivity contribution in [1.82, 2.24) is 19.5 Å². The number of fused-ring (bicyclic) bond motifs is 1. The predicted molar refractivity (Wildman–Crippen MR) is 92.7 cm³/mol. The summed E-state index contributed by atoms with van der Waals surface area (Å²) >= 11 is 5.95. The van der Waals surface area contributed by atoms with E-state index < -0.39 is 29.7 Å². The van der Waals surface area contributed by atoms with E-state index in [-0.39, 0.29) is 42.0 Å². The van der Waals surface area contributed by atoms with Crippen molar-refractivity contribution in [2.24, 2.45) is 5.41 Å². The summed E-state index contributed by atoms with van der Waals surface area (Å²) in [6.45, 7) is 2.69. The van der Waals surface area contributed by atoms with E-state index in [4.69, 9.17) is 26.8 Å². The van der Waals surface area contributed by atoms with Crippen LogP contribution in [0.3, 0.4) is 0 Å². The van der Waals surface area contributed by atoms with Crippen molar-refractivity contribution in [2.75, 3.05) is 18.9 Å². The second-order valence-corrected chi connectivity index (χ2v) is 5.74. The molecule has 2 aromatic rings. The second-order valence-electron chi connectivity index (χ2n) is 5.38. The number of rotatable bonds is 8. The molecule has 0 unspecified atom stereocenters. The minimum absolute atomic E-state index is 0.0246. The Bertz CT molecular complexity index is 865. The molecule has 0 atom stereocenters. The van der Waals surface area contributed by atoms with Crippen LogP contribution >= 0.6 is 11.6 Å². The van der Waals surface area contributed by atoms with Crippen LogP contribution in [0.25, 0.3) is 11.2 Å². The van der Waals surface area contributed by atoms with Crippen molar-refractivity contribution in [3.05, 3.63) is 11.5 Å². The third kappa shape index (κ3) is 3.77. The third-order valence-electron chi connectivity index (χ3n) is 3.78. The molecule has 0 aliphatic heterocycles. The standard InChI is InChI=1S/C15H18ClN5O6/c1-3-26-12(24)15(11(22)23,13(25)27-4-2)5-6-21-7-18-8-9(16)19-14(17)20-10(8)21/h7H,3-6H2,1-2H3,(H,22,23)(H2,17,19,20). The summed E-state index contributed by atoms with van der Waals surface area (Å²) in [5.41, 5.74) is 3.53. The van der Waals surface area contributed by atoms with Gasteiger partial charge in [0.25, 0.3) is 5.41 Å². The molecular formula is C15H18ClN5O6. The molecule has 0 aliphatic rings. The van der Waals surface area contributed by atoms with Gasteiger partial charge in [-0.3, -0.25) is 14.4 Å². The highest BCUT2D eigenvalue weighted by Gasteiger charge is 2.56. The van der Waals surface area contributed by atoms with Gasteiger partial charge in [-0.2, -0.15) is 9.97 Å². The van der Waals surface area contributed by atoms with E-state index in [9.17, 15) is 19.5 Å². The number of esters is 2. The first-order valence-corrected chi connectivity index (χ1v) is 8.37. The maximum Gasteiger partial charge on any atom is 0.335 e. The van der Waals surface area contributed by atoms with Crippen LogP contribution in [-0.4, -0.2) is 55.7 Å². The number of nitrogens with two attached hydrogens (primary N) is 1. The fourth-order valence-electron chi connectivity index (χ4n) is 2.45. The zero-order valence-corrected chi connectivity index (χ0v) is 15.4. The Morgan fingerprint density at radius 2 is 1.81 bits per heavy atom. The van der Waals surface area contributed by atoms with Crippen molar-refractivity contribution in [1.29, 1.82) is 0 Å². The van der Waals surface area contributed by atoms with Crippen molar-refractivity contribution < 1.29 is 29.0 Å². The number of nitrogens with zero attached hydrogens (tertiary/aromatic N) is 4. The van der Waals surface area contributed by atoms with Gasteiger partial charge >= 0.3 is 17.9 Å². The SMILES string of the molecule is CCOC(=O)C(CCn1cnc2c(Cl)nc(N)nc21)(C(=O)O)C(=O)OCC. The Labute approximate surface area is 158 Å². The summed E-state index contributed by atoms with van der Waals surface area (Å²) in [5.74, 6) is -4.18. The molecular weight excluding hydrogens is 382 g/mol. The molecule has 2 aromatic heterocycles. The molecule has 12 heteroatoms. The normalized spacial score (nSPS) is 11.4. The van der Waals surface area contributed by atoms with Crippen LogP contribution in [-0.2, 0) is 30.4 Å². The Balaban J connectivity index is 2.43. The number of carboxylic acid groups (broad SMARTS) is 1. The summed E-state index contributed by atoms with van der Waals surface area (Å²) in [4.78, 5) is 48.4. The number of nitrogen functional groups attached to an aromatic ring is 1. The number of imidazole rings is 1. The Kier molecular flexibility index (Phi) is 6.16. The van der Waals surface area contributed by atoms with Gasteiger partial charge in [0, 0.05) is 13.0 Å². The Hall–Kier alpha value is -2.95. The summed E-state index contributed by atoms with van der Waals surface area (Å²) < 4.78 is 11.1. The van der Waals surface area contributed by atoms with E-state index in [0.717, 1.165) is 0 Å². The van der Waals surface area contributed by atoms with Crippen LogP contribution in [0.5, 0.6) is 0 Å².